The number of nitrogens with one attached hydrogen (secondary N) is 1. The molecule has 1 spiro atoms. The van der Waals surface area contributed by atoms with Crippen LogP contribution in [0.25, 0.3) is 0 Å². The first-order valence-electron chi connectivity index (χ1n) is 10.3. The topological polar surface area (TPSA) is 72.4 Å². The smallest absolute Gasteiger partial charge is 0.430 e. The van der Waals surface area contributed by atoms with Crippen molar-refractivity contribution in [1.82, 2.24) is 5.06 Å². The quantitative estimate of drug-likeness (QED) is 0.793. The first-order chi connectivity index (χ1) is 14.6. The molecule has 0 atom stereocenters. The fraction of sp³-hybridized carbons (Fsp3) is 0.391. The number of nitrogens with zero attached hydrogens (tertiary/aromatic N) is 2. The number of piperidine rings is 1. The minimum absolute atomic E-state index is 0.329. The van der Waals surface area contributed by atoms with Crippen LogP contribution in [0.15, 0.2) is 53.7 Å². The van der Waals surface area contributed by atoms with Crippen molar-refractivity contribution in [3.05, 3.63) is 59.7 Å². The van der Waals surface area contributed by atoms with Gasteiger partial charge in [-0.1, -0.05) is 36.3 Å². The number of aryl methyl sites for hydroxylation is 1. The molecule has 7 nitrogen and oxygen atoms in total. The molecule has 2 aromatic carbocycles. The number of carbonyl (C=O) groups is 1. The average Bonchev–Trinajstić information content (AvgIpc) is 3.19. The fourth-order valence-electron chi connectivity index (χ4n) is 3.86. The largest absolute Gasteiger partial charge is 0.497 e. The van der Waals surface area contributed by atoms with Crippen LogP contribution in [0.2, 0.25) is 0 Å². The van der Waals surface area contributed by atoms with Crippen molar-refractivity contribution < 1.29 is 19.2 Å². The Balaban J connectivity index is 1.28. The highest BCUT2D eigenvalue weighted by atomic mass is 16.7. The highest BCUT2D eigenvalue weighted by Crippen LogP contribution is 2.36. The third-order valence-corrected chi connectivity index (χ3v) is 5.67. The minimum Gasteiger partial charge on any atom is -0.497 e. The summed E-state index contributed by atoms with van der Waals surface area (Å²) in [6, 6.07) is 15.6. The highest BCUT2D eigenvalue weighted by Gasteiger charge is 2.43. The predicted molar refractivity (Wildman–Crippen MR) is 115 cm³/mol. The monoisotopic (exact) mass is 409 g/mol. The zero-order valence-electron chi connectivity index (χ0n) is 17.4. The van der Waals surface area contributed by atoms with Crippen LogP contribution in [-0.4, -0.2) is 42.7 Å². The SMILES string of the molecule is CCc1cccc(NC(=O)ON2CCC3(CC2)CC(c2cccc(OC)c2)=NO3)c1. The molecule has 2 heterocycles. The van der Waals surface area contributed by atoms with E-state index in [-0.39, 0.29) is 5.60 Å². The molecule has 1 saturated heterocycles. The van der Waals surface area contributed by atoms with Gasteiger partial charge in [-0.25, -0.2) is 4.79 Å². The lowest BCUT2D eigenvalue weighted by atomic mass is 9.86. The van der Waals surface area contributed by atoms with Crippen LogP contribution in [0.4, 0.5) is 10.5 Å². The molecule has 4 rings (SSSR count). The third kappa shape index (κ3) is 4.57. The van der Waals surface area contributed by atoms with E-state index in [0.717, 1.165) is 54.0 Å². The van der Waals surface area contributed by atoms with E-state index in [0.29, 0.717) is 13.1 Å². The molecular weight excluding hydrogens is 382 g/mol. The van der Waals surface area contributed by atoms with Gasteiger partial charge in [-0.15, -0.1) is 5.06 Å². The molecule has 1 amide bonds. The fourth-order valence-corrected chi connectivity index (χ4v) is 3.86. The molecule has 0 aliphatic carbocycles. The summed E-state index contributed by atoms with van der Waals surface area (Å²) in [6.45, 7) is 3.28. The maximum atomic E-state index is 12.2. The zero-order valence-corrected chi connectivity index (χ0v) is 17.4. The van der Waals surface area contributed by atoms with E-state index < -0.39 is 6.09 Å². The van der Waals surface area contributed by atoms with Gasteiger partial charge in [0.05, 0.1) is 12.8 Å². The van der Waals surface area contributed by atoms with Gasteiger partial charge in [-0.05, 0) is 36.2 Å². The van der Waals surface area contributed by atoms with Gasteiger partial charge in [-0.2, -0.15) is 0 Å². The zero-order chi connectivity index (χ0) is 21.0. The second-order valence-corrected chi connectivity index (χ2v) is 7.71. The summed E-state index contributed by atoms with van der Waals surface area (Å²) in [4.78, 5) is 23.6. The van der Waals surface area contributed by atoms with Gasteiger partial charge in [0.25, 0.3) is 0 Å². The lowest BCUT2D eigenvalue weighted by molar-refractivity contribution is -0.154. The molecule has 0 saturated carbocycles. The van der Waals surface area contributed by atoms with E-state index in [1.807, 2.05) is 48.5 Å². The summed E-state index contributed by atoms with van der Waals surface area (Å²) in [5, 5.41) is 8.83. The summed E-state index contributed by atoms with van der Waals surface area (Å²) < 4.78 is 5.30. The van der Waals surface area contributed by atoms with E-state index >= 15 is 0 Å². The number of ether oxygens (including phenoxy) is 1. The molecule has 2 aliphatic rings. The molecule has 0 bridgehead atoms. The van der Waals surface area contributed by atoms with Gasteiger partial charge in [-0.3, -0.25) is 5.32 Å². The Labute approximate surface area is 176 Å². The molecule has 1 fully saturated rings. The summed E-state index contributed by atoms with van der Waals surface area (Å²) in [5.41, 5.74) is 3.51. The average molecular weight is 409 g/mol. The Hall–Kier alpha value is -3.06. The van der Waals surface area contributed by atoms with E-state index in [9.17, 15) is 4.79 Å². The van der Waals surface area contributed by atoms with Crippen LogP contribution >= 0.6 is 0 Å². The van der Waals surface area contributed by atoms with Crippen molar-refractivity contribution in [3.63, 3.8) is 0 Å². The van der Waals surface area contributed by atoms with Crippen LogP contribution in [0.3, 0.4) is 0 Å². The van der Waals surface area contributed by atoms with Crippen molar-refractivity contribution in [1.29, 1.82) is 0 Å². The number of oxime groups is 1. The Morgan fingerprint density at radius 2 is 2.00 bits per heavy atom. The summed E-state index contributed by atoms with van der Waals surface area (Å²) in [6.07, 6.45) is 2.66. The molecule has 2 aliphatic heterocycles. The van der Waals surface area contributed by atoms with E-state index in [4.69, 9.17) is 14.4 Å². The number of hydroxylamine groups is 2. The molecule has 30 heavy (non-hydrogen) atoms. The number of amides is 1. The molecule has 0 aromatic heterocycles. The van der Waals surface area contributed by atoms with Gasteiger partial charge >= 0.3 is 6.09 Å². The van der Waals surface area contributed by atoms with Crippen LogP contribution < -0.4 is 10.1 Å². The maximum Gasteiger partial charge on any atom is 0.430 e. The van der Waals surface area contributed by atoms with Crippen molar-refractivity contribution in [2.24, 2.45) is 5.16 Å². The highest BCUT2D eigenvalue weighted by molar-refractivity contribution is 6.02. The Morgan fingerprint density at radius 3 is 2.77 bits per heavy atom. The van der Waals surface area contributed by atoms with Crippen molar-refractivity contribution >= 4 is 17.5 Å². The van der Waals surface area contributed by atoms with Crippen molar-refractivity contribution in [2.75, 3.05) is 25.5 Å². The van der Waals surface area contributed by atoms with Crippen LogP contribution in [-0.2, 0) is 16.1 Å². The second kappa shape index (κ2) is 8.75. The van der Waals surface area contributed by atoms with Gasteiger partial charge in [0.1, 0.15) is 11.4 Å². The minimum atomic E-state index is -0.472. The number of methoxy groups -OCH3 is 1. The maximum absolute atomic E-state index is 12.2. The Morgan fingerprint density at radius 1 is 1.20 bits per heavy atom. The first kappa shape index (κ1) is 20.2. The van der Waals surface area contributed by atoms with Crippen LogP contribution in [0.1, 0.15) is 37.3 Å². The summed E-state index contributed by atoms with van der Waals surface area (Å²) >= 11 is 0. The third-order valence-electron chi connectivity index (χ3n) is 5.67. The number of anilines is 1. The standard InChI is InChI=1S/C23H27N3O4/c1-3-17-6-4-8-19(14-17)24-22(27)29-26-12-10-23(11-13-26)16-21(25-30-23)18-7-5-9-20(15-18)28-2/h4-9,14-15H,3,10-13,16H2,1-2H3,(H,24,27). The normalized spacial score (nSPS) is 17.9. The first-order valence-corrected chi connectivity index (χ1v) is 10.3. The van der Waals surface area contributed by atoms with E-state index in [1.165, 1.54) is 0 Å². The molecule has 7 heteroatoms. The molecule has 158 valence electrons. The van der Waals surface area contributed by atoms with Crippen molar-refractivity contribution in [2.45, 2.75) is 38.2 Å². The molecule has 0 radical (unpaired) electrons. The summed E-state index contributed by atoms with van der Waals surface area (Å²) in [7, 11) is 1.65. The van der Waals surface area contributed by atoms with E-state index in [1.54, 1.807) is 12.2 Å². The number of hydrogen-bond acceptors (Lipinski definition) is 6. The lowest BCUT2D eigenvalue weighted by Crippen LogP contribution is -2.45. The van der Waals surface area contributed by atoms with Gasteiger partial charge in [0.2, 0.25) is 0 Å². The van der Waals surface area contributed by atoms with E-state index in [2.05, 4.69) is 17.4 Å². The van der Waals surface area contributed by atoms with Crippen LogP contribution in [0.5, 0.6) is 5.75 Å². The predicted octanol–water partition coefficient (Wildman–Crippen LogP) is 4.38. The number of hydrogen-bond donors (Lipinski definition) is 1. The van der Waals surface area contributed by atoms with Gasteiger partial charge in [0, 0.05) is 43.6 Å². The Bertz CT molecular complexity index is 936. The van der Waals surface area contributed by atoms with Crippen molar-refractivity contribution in [3.8, 4) is 5.75 Å². The molecule has 1 N–H and O–H groups in total. The number of benzene rings is 2. The molecule has 0 unspecified atom stereocenters. The van der Waals surface area contributed by atoms with Gasteiger partial charge < -0.3 is 14.4 Å². The Kier molecular flexibility index (Phi) is 5.90. The lowest BCUT2D eigenvalue weighted by Gasteiger charge is -2.35. The molecular formula is C23H27N3O4. The second-order valence-electron chi connectivity index (χ2n) is 7.71. The number of rotatable bonds is 5. The van der Waals surface area contributed by atoms with Gasteiger partial charge in [0.15, 0.2) is 0 Å². The number of carbonyl (C=O) groups excluding carboxylic acids is 1. The molecule has 2 aromatic rings. The van der Waals surface area contributed by atoms with Crippen LogP contribution in [0, 0.1) is 0 Å². The summed E-state index contributed by atoms with van der Waals surface area (Å²) in [5.74, 6) is 0.801.